The Labute approximate surface area is 168 Å². The molecule has 0 radical (unpaired) electrons. The third kappa shape index (κ3) is 3.56. The fourth-order valence-electron chi connectivity index (χ4n) is 3.83. The van der Waals surface area contributed by atoms with Gasteiger partial charge >= 0.3 is 0 Å². The van der Waals surface area contributed by atoms with Crippen LogP contribution in [0.25, 0.3) is 22.4 Å². The van der Waals surface area contributed by atoms with Crippen LogP contribution in [0.15, 0.2) is 36.5 Å². The molecule has 3 aromatic rings. The minimum atomic E-state index is 0.0294. The summed E-state index contributed by atoms with van der Waals surface area (Å²) in [5.74, 6) is 1.69. The van der Waals surface area contributed by atoms with Gasteiger partial charge in [-0.3, -0.25) is 4.79 Å². The van der Waals surface area contributed by atoms with Gasteiger partial charge in [0.15, 0.2) is 0 Å². The molecule has 2 aliphatic heterocycles. The Bertz CT molecular complexity index is 1020. The molecule has 1 amide bonds. The maximum absolute atomic E-state index is 12.8. The Kier molecular flexibility index (Phi) is 4.87. The smallest absolute Gasteiger partial charge is 0.254 e. The molecule has 0 aliphatic carbocycles. The molecular formula is C21H23N5O3. The van der Waals surface area contributed by atoms with Gasteiger partial charge in [0.2, 0.25) is 0 Å². The fourth-order valence-corrected chi connectivity index (χ4v) is 3.83. The highest BCUT2D eigenvalue weighted by atomic mass is 16.5. The first kappa shape index (κ1) is 18.1. The zero-order chi connectivity index (χ0) is 19.6. The fraction of sp³-hybridized carbons (Fsp3) is 0.381. The molecular weight excluding hydrogens is 370 g/mol. The molecule has 1 N–H and O–H groups in total. The first-order valence-electron chi connectivity index (χ1n) is 9.94. The molecule has 2 saturated heterocycles. The molecule has 1 aromatic carbocycles. The van der Waals surface area contributed by atoms with Gasteiger partial charge in [-0.15, -0.1) is 0 Å². The summed E-state index contributed by atoms with van der Waals surface area (Å²) in [4.78, 5) is 29.6. The van der Waals surface area contributed by atoms with Gasteiger partial charge in [0.25, 0.3) is 5.91 Å². The number of imidazole rings is 1. The van der Waals surface area contributed by atoms with Crippen molar-refractivity contribution in [1.29, 1.82) is 0 Å². The number of morpholine rings is 2. The van der Waals surface area contributed by atoms with Gasteiger partial charge in [-0.1, -0.05) is 0 Å². The third-order valence-electron chi connectivity index (χ3n) is 5.38. The Morgan fingerprint density at radius 2 is 1.76 bits per heavy atom. The summed E-state index contributed by atoms with van der Waals surface area (Å²) in [6, 6.07) is 9.56. The molecule has 5 rings (SSSR count). The molecule has 8 nitrogen and oxygen atoms in total. The molecule has 2 aromatic heterocycles. The second-order valence-corrected chi connectivity index (χ2v) is 7.20. The number of pyridine rings is 1. The zero-order valence-electron chi connectivity index (χ0n) is 16.1. The molecule has 8 heteroatoms. The lowest BCUT2D eigenvalue weighted by molar-refractivity contribution is 0.0303. The van der Waals surface area contributed by atoms with Crippen molar-refractivity contribution in [2.24, 2.45) is 0 Å². The van der Waals surface area contributed by atoms with Crippen LogP contribution in [0, 0.1) is 0 Å². The van der Waals surface area contributed by atoms with Crippen LogP contribution in [-0.4, -0.2) is 78.4 Å². The summed E-state index contributed by atoms with van der Waals surface area (Å²) in [5, 5.41) is 0. The van der Waals surface area contributed by atoms with Crippen molar-refractivity contribution in [3.8, 4) is 11.4 Å². The average molecular weight is 393 g/mol. The van der Waals surface area contributed by atoms with Crippen LogP contribution >= 0.6 is 0 Å². The number of amides is 1. The van der Waals surface area contributed by atoms with Gasteiger partial charge in [0.1, 0.15) is 11.6 Å². The van der Waals surface area contributed by atoms with Crippen molar-refractivity contribution in [1.82, 2.24) is 19.9 Å². The van der Waals surface area contributed by atoms with Crippen LogP contribution < -0.4 is 4.90 Å². The lowest BCUT2D eigenvalue weighted by atomic mass is 10.1. The maximum atomic E-state index is 12.8. The molecule has 4 heterocycles. The van der Waals surface area contributed by atoms with E-state index in [-0.39, 0.29) is 5.91 Å². The van der Waals surface area contributed by atoms with E-state index in [1.807, 2.05) is 35.2 Å². The van der Waals surface area contributed by atoms with Crippen molar-refractivity contribution in [2.75, 3.05) is 57.5 Å². The van der Waals surface area contributed by atoms with Crippen molar-refractivity contribution in [2.45, 2.75) is 0 Å². The lowest BCUT2D eigenvalue weighted by Gasteiger charge is -2.29. The predicted molar refractivity (Wildman–Crippen MR) is 109 cm³/mol. The molecule has 0 bridgehead atoms. The number of fused-ring (bicyclic) bond motifs is 1. The second kappa shape index (κ2) is 7.81. The quantitative estimate of drug-likeness (QED) is 0.732. The maximum Gasteiger partial charge on any atom is 0.254 e. The topological polar surface area (TPSA) is 83.6 Å². The zero-order valence-corrected chi connectivity index (χ0v) is 16.1. The first-order valence-corrected chi connectivity index (χ1v) is 9.94. The number of ether oxygens (including phenoxy) is 2. The number of nitrogens with one attached hydrogen (secondary N) is 1. The SMILES string of the molecule is O=C(c1ccc2nc(-c3cccnc3N3CCOCC3)[nH]c2c1)N1CCOCC1. The van der Waals surface area contributed by atoms with Crippen molar-refractivity contribution < 1.29 is 14.3 Å². The summed E-state index contributed by atoms with van der Waals surface area (Å²) in [7, 11) is 0. The van der Waals surface area contributed by atoms with E-state index >= 15 is 0 Å². The third-order valence-corrected chi connectivity index (χ3v) is 5.38. The van der Waals surface area contributed by atoms with Crippen molar-refractivity contribution >= 4 is 22.8 Å². The highest BCUT2D eigenvalue weighted by molar-refractivity contribution is 5.98. The van der Waals surface area contributed by atoms with Crippen molar-refractivity contribution in [3.63, 3.8) is 0 Å². The van der Waals surface area contributed by atoms with Crippen LogP contribution in [0.2, 0.25) is 0 Å². The average Bonchev–Trinajstić information content (AvgIpc) is 3.23. The number of hydrogen-bond acceptors (Lipinski definition) is 6. The molecule has 0 atom stereocenters. The van der Waals surface area contributed by atoms with Gasteiger partial charge in [-0.25, -0.2) is 9.97 Å². The number of benzene rings is 1. The number of anilines is 1. The molecule has 0 spiro atoms. The van der Waals surface area contributed by atoms with Gasteiger partial charge in [-0.05, 0) is 30.3 Å². The number of H-pyrrole nitrogens is 1. The Balaban J connectivity index is 1.47. The molecule has 150 valence electrons. The summed E-state index contributed by atoms with van der Waals surface area (Å²) < 4.78 is 10.8. The Hall–Kier alpha value is -2.97. The van der Waals surface area contributed by atoms with E-state index in [0.29, 0.717) is 45.1 Å². The second-order valence-electron chi connectivity index (χ2n) is 7.20. The number of carbonyl (C=O) groups excluding carboxylic acids is 1. The summed E-state index contributed by atoms with van der Waals surface area (Å²) in [6.07, 6.45) is 1.80. The number of carbonyl (C=O) groups is 1. The number of aromatic amines is 1. The minimum Gasteiger partial charge on any atom is -0.378 e. The molecule has 2 fully saturated rings. The number of hydrogen-bond donors (Lipinski definition) is 1. The highest BCUT2D eigenvalue weighted by Crippen LogP contribution is 2.29. The number of aromatic nitrogens is 3. The molecule has 0 saturated carbocycles. The van der Waals surface area contributed by atoms with Crippen LogP contribution in [-0.2, 0) is 9.47 Å². The molecule has 29 heavy (non-hydrogen) atoms. The Morgan fingerprint density at radius 3 is 2.55 bits per heavy atom. The van der Waals surface area contributed by atoms with Crippen LogP contribution in [0.1, 0.15) is 10.4 Å². The van der Waals surface area contributed by atoms with Crippen LogP contribution in [0.3, 0.4) is 0 Å². The first-order chi connectivity index (χ1) is 14.3. The molecule has 0 unspecified atom stereocenters. The van der Waals surface area contributed by atoms with E-state index in [1.165, 1.54) is 0 Å². The van der Waals surface area contributed by atoms with Gasteiger partial charge < -0.3 is 24.3 Å². The van der Waals surface area contributed by atoms with E-state index in [9.17, 15) is 4.79 Å². The van der Waals surface area contributed by atoms with Crippen molar-refractivity contribution in [3.05, 3.63) is 42.1 Å². The number of rotatable bonds is 3. The van der Waals surface area contributed by atoms with E-state index in [2.05, 4.69) is 14.9 Å². The number of nitrogens with zero attached hydrogens (tertiary/aromatic N) is 4. The highest BCUT2D eigenvalue weighted by Gasteiger charge is 2.21. The molecule has 2 aliphatic rings. The lowest BCUT2D eigenvalue weighted by Crippen LogP contribution is -2.40. The van der Waals surface area contributed by atoms with E-state index in [1.54, 1.807) is 6.20 Å². The summed E-state index contributed by atoms with van der Waals surface area (Å²) >= 11 is 0. The largest absolute Gasteiger partial charge is 0.378 e. The van der Waals surface area contributed by atoms with Gasteiger partial charge in [0.05, 0.1) is 43.0 Å². The Morgan fingerprint density at radius 1 is 1.00 bits per heavy atom. The van der Waals surface area contributed by atoms with E-state index < -0.39 is 0 Å². The van der Waals surface area contributed by atoms with Crippen LogP contribution in [0.5, 0.6) is 0 Å². The standard InChI is InChI=1S/C21H23N5O3/c27-21(26-8-12-29-13-9-26)15-3-4-17-18(14-15)24-19(23-17)16-2-1-5-22-20(16)25-6-10-28-11-7-25/h1-5,14H,6-13H2,(H,23,24). The van der Waals surface area contributed by atoms with E-state index in [4.69, 9.17) is 14.5 Å². The normalized spacial score (nSPS) is 17.7. The monoisotopic (exact) mass is 393 g/mol. The van der Waals surface area contributed by atoms with E-state index in [0.717, 1.165) is 41.3 Å². The predicted octanol–water partition coefficient (Wildman–Crippen LogP) is 1.93. The van der Waals surface area contributed by atoms with Gasteiger partial charge in [-0.2, -0.15) is 0 Å². The summed E-state index contributed by atoms with van der Waals surface area (Å²) in [6.45, 7) is 5.45. The minimum absolute atomic E-state index is 0.0294. The van der Waals surface area contributed by atoms with Crippen LogP contribution in [0.4, 0.5) is 5.82 Å². The van der Waals surface area contributed by atoms with Gasteiger partial charge in [0, 0.05) is 37.9 Å². The summed E-state index contributed by atoms with van der Waals surface area (Å²) in [5.41, 5.74) is 3.28.